The Labute approximate surface area is 180 Å². The summed E-state index contributed by atoms with van der Waals surface area (Å²) in [6.45, 7) is 1.82. The summed E-state index contributed by atoms with van der Waals surface area (Å²) in [4.78, 5) is 18.5. The van der Waals surface area contributed by atoms with Gasteiger partial charge in [0.25, 0.3) is 5.91 Å². The highest BCUT2D eigenvalue weighted by Crippen LogP contribution is 2.31. The van der Waals surface area contributed by atoms with Gasteiger partial charge in [0, 0.05) is 13.1 Å². The average molecular weight is 427 g/mol. The Kier molecular flexibility index (Phi) is 6.96. The molecule has 164 valence electrons. The maximum absolute atomic E-state index is 12.7. The summed E-state index contributed by atoms with van der Waals surface area (Å²) in [5.41, 5.74) is 0.656. The predicted octanol–water partition coefficient (Wildman–Crippen LogP) is 3.19. The summed E-state index contributed by atoms with van der Waals surface area (Å²) in [5, 5.41) is 4.00. The minimum Gasteiger partial charge on any atom is -0.497 e. The molecule has 0 saturated heterocycles. The number of carbonyl (C=O) groups is 1. The van der Waals surface area contributed by atoms with Gasteiger partial charge in [0.2, 0.25) is 11.7 Å². The van der Waals surface area contributed by atoms with Gasteiger partial charge in [-0.15, -0.1) is 0 Å². The molecule has 1 atom stereocenters. The molecule has 1 heterocycles. The first-order chi connectivity index (χ1) is 14.9. The minimum absolute atomic E-state index is 0.140. The topological polar surface area (TPSA) is 96.2 Å². The van der Waals surface area contributed by atoms with Gasteiger partial charge in [-0.3, -0.25) is 4.79 Å². The lowest BCUT2D eigenvalue weighted by Crippen LogP contribution is -2.37. The molecule has 0 bridgehead atoms. The number of benzene rings is 2. The Bertz CT molecular complexity index is 1020. The van der Waals surface area contributed by atoms with Gasteiger partial charge < -0.3 is 28.4 Å². The van der Waals surface area contributed by atoms with E-state index in [0.29, 0.717) is 40.3 Å². The third-order valence-electron chi connectivity index (χ3n) is 4.59. The fourth-order valence-corrected chi connectivity index (χ4v) is 2.91. The highest BCUT2D eigenvalue weighted by atomic mass is 16.5. The first-order valence-corrected chi connectivity index (χ1v) is 9.55. The van der Waals surface area contributed by atoms with E-state index in [2.05, 4.69) is 10.1 Å². The van der Waals surface area contributed by atoms with E-state index in [0.717, 1.165) is 0 Å². The summed E-state index contributed by atoms with van der Waals surface area (Å²) < 4.78 is 26.7. The van der Waals surface area contributed by atoms with Gasteiger partial charge in [0.05, 0.1) is 33.4 Å². The fraction of sp³-hybridized carbons (Fsp3) is 0.318. The third-order valence-corrected chi connectivity index (χ3v) is 4.59. The van der Waals surface area contributed by atoms with Gasteiger partial charge in [-0.25, -0.2) is 0 Å². The van der Waals surface area contributed by atoms with Gasteiger partial charge in [0.15, 0.2) is 6.10 Å². The molecular formula is C22H25N3O6. The Morgan fingerprint density at radius 3 is 2.29 bits per heavy atom. The summed E-state index contributed by atoms with van der Waals surface area (Å²) in [6.07, 6.45) is -0.692. The smallest absolute Gasteiger partial charge is 0.263 e. The van der Waals surface area contributed by atoms with Crippen LogP contribution in [0.5, 0.6) is 23.0 Å². The number of likely N-dealkylation sites (N-methyl/N-ethyl adjacent to an activating group) is 1. The van der Waals surface area contributed by atoms with E-state index in [1.807, 2.05) is 0 Å². The van der Waals surface area contributed by atoms with Gasteiger partial charge in [-0.2, -0.15) is 4.98 Å². The Balaban J connectivity index is 1.64. The first-order valence-electron chi connectivity index (χ1n) is 9.55. The zero-order chi connectivity index (χ0) is 22.4. The van der Waals surface area contributed by atoms with Crippen LogP contribution in [0.25, 0.3) is 11.4 Å². The average Bonchev–Trinajstić information content (AvgIpc) is 3.26. The van der Waals surface area contributed by atoms with Crippen molar-refractivity contribution in [1.82, 2.24) is 15.0 Å². The number of ether oxygens (including phenoxy) is 4. The van der Waals surface area contributed by atoms with E-state index in [1.54, 1.807) is 77.8 Å². The van der Waals surface area contributed by atoms with Crippen molar-refractivity contribution in [3.63, 3.8) is 0 Å². The number of hydrogen-bond acceptors (Lipinski definition) is 8. The molecule has 9 heteroatoms. The van der Waals surface area contributed by atoms with Crippen LogP contribution < -0.4 is 18.9 Å². The monoisotopic (exact) mass is 427 g/mol. The maximum atomic E-state index is 12.7. The highest BCUT2D eigenvalue weighted by Gasteiger charge is 2.22. The molecule has 9 nitrogen and oxygen atoms in total. The second-order valence-electron chi connectivity index (χ2n) is 6.71. The van der Waals surface area contributed by atoms with Crippen molar-refractivity contribution in [2.45, 2.75) is 19.6 Å². The van der Waals surface area contributed by atoms with Crippen molar-refractivity contribution in [1.29, 1.82) is 0 Å². The van der Waals surface area contributed by atoms with Crippen molar-refractivity contribution >= 4 is 5.91 Å². The van der Waals surface area contributed by atoms with E-state index in [1.165, 1.54) is 4.90 Å². The molecule has 1 amide bonds. The predicted molar refractivity (Wildman–Crippen MR) is 112 cm³/mol. The summed E-state index contributed by atoms with van der Waals surface area (Å²) in [7, 11) is 6.36. The van der Waals surface area contributed by atoms with Crippen molar-refractivity contribution in [3.8, 4) is 34.4 Å². The molecular weight excluding hydrogens is 402 g/mol. The van der Waals surface area contributed by atoms with E-state index in [4.69, 9.17) is 23.5 Å². The van der Waals surface area contributed by atoms with Crippen molar-refractivity contribution in [2.75, 3.05) is 28.4 Å². The molecule has 0 unspecified atom stereocenters. The van der Waals surface area contributed by atoms with Crippen LogP contribution in [0, 0.1) is 0 Å². The van der Waals surface area contributed by atoms with Gasteiger partial charge in [-0.1, -0.05) is 5.16 Å². The van der Waals surface area contributed by atoms with Gasteiger partial charge in [0.1, 0.15) is 23.0 Å². The maximum Gasteiger partial charge on any atom is 0.263 e. The van der Waals surface area contributed by atoms with Crippen molar-refractivity contribution in [3.05, 3.63) is 48.4 Å². The first kappa shape index (κ1) is 21.9. The lowest BCUT2D eigenvalue weighted by atomic mass is 10.2. The van der Waals surface area contributed by atoms with Crippen LogP contribution in [0.4, 0.5) is 0 Å². The molecule has 1 aromatic heterocycles. The largest absolute Gasteiger partial charge is 0.497 e. The Morgan fingerprint density at radius 2 is 1.65 bits per heavy atom. The molecule has 0 aliphatic heterocycles. The summed E-state index contributed by atoms with van der Waals surface area (Å²) in [5.74, 6) is 2.92. The van der Waals surface area contributed by atoms with Crippen molar-refractivity contribution < 1.29 is 28.3 Å². The van der Waals surface area contributed by atoms with Gasteiger partial charge in [-0.05, 0) is 43.3 Å². The molecule has 2 aromatic carbocycles. The van der Waals surface area contributed by atoms with Crippen LogP contribution in [0.15, 0.2) is 47.0 Å². The summed E-state index contributed by atoms with van der Waals surface area (Å²) in [6, 6.07) is 12.3. The van der Waals surface area contributed by atoms with Crippen molar-refractivity contribution in [2.24, 2.45) is 0 Å². The SMILES string of the molecule is COc1ccc(O[C@@H](C)C(=O)N(C)Cc2nc(-c3ccc(OC)cc3OC)no2)cc1. The zero-order valence-corrected chi connectivity index (χ0v) is 18.1. The number of rotatable bonds is 9. The molecule has 31 heavy (non-hydrogen) atoms. The van der Waals surface area contributed by atoms with E-state index in [9.17, 15) is 4.79 Å². The Hall–Kier alpha value is -3.75. The molecule has 0 radical (unpaired) electrons. The van der Waals surface area contributed by atoms with Crippen LogP contribution in [0.1, 0.15) is 12.8 Å². The second-order valence-corrected chi connectivity index (χ2v) is 6.71. The number of nitrogens with zero attached hydrogens (tertiary/aromatic N) is 3. The fourth-order valence-electron chi connectivity index (χ4n) is 2.91. The molecule has 0 aliphatic rings. The molecule has 0 fully saturated rings. The van der Waals surface area contributed by atoms with Crippen LogP contribution in [-0.2, 0) is 11.3 Å². The lowest BCUT2D eigenvalue weighted by molar-refractivity contribution is -0.137. The second kappa shape index (κ2) is 9.84. The van der Waals surface area contributed by atoms with E-state index in [-0.39, 0.29) is 12.5 Å². The molecule has 0 N–H and O–H groups in total. The van der Waals surface area contributed by atoms with E-state index < -0.39 is 6.10 Å². The number of amides is 1. The quantitative estimate of drug-likeness (QED) is 0.514. The molecule has 0 aliphatic carbocycles. The van der Waals surface area contributed by atoms with Crippen LogP contribution in [0.3, 0.4) is 0 Å². The molecule has 3 rings (SSSR count). The summed E-state index contributed by atoms with van der Waals surface area (Å²) >= 11 is 0. The van der Waals surface area contributed by atoms with E-state index >= 15 is 0 Å². The highest BCUT2D eigenvalue weighted by molar-refractivity contribution is 5.80. The van der Waals surface area contributed by atoms with Gasteiger partial charge >= 0.3 is 0 Å². The minimum atomic E-state index is -0.692. The van der Waals surface area contributed by atoms with Crippen LogP contribution >= 0.6 is 0 Å². The molecule has 3 aromatic rings. The number of aromatic nitrogens is 2. The Morgan fingerprint density at radius 1 is 1.00 bits per heavy atom. The zero-order valence-electron chi connectivity index (χ0n) is 18.1. The number of carbonyl (C=O) groups excluding carboxylic acids is 1. The lowest BCUT2D eigenvalue weighted by Gasteiger charge is -2.20. The van der Waals surface area contributed by atoms with Crippen LogP contribution in [0.2, 0.25) is 0 Å². The third kappa shape index (κ3) is 5.25. The molecule has 0 saturated carbocycles. The normalized spacial score (nSPS) is 11.5. The number of hydrogen-bond donors (Lipinski definition) is 0. The van der Waals surface area contributed by atoms with Crippen LogP contribution in [-0.4, -0.2) is 55.4 Å². The standard InChI is InChI=1S/C22H25N3O6/c1-14(30-16-8-6-15(27-3)7-9-16)22(26)25(2)13-20-23-21(24-31-20)18-11-10-17(28-4)12-19(18)29-5/h6-12,14H,13H2,1-5H3/t14-/m0/s1. The number of methoxy groups -OCH3 is 3. The molecule has 0 spiro atoms.